The van der Waals surface area contributed by atoms with Gasteiger partial charge in [0.1, 0.15) is 0 Å². The number of hydrogen-bond acceptors (Lipinski definition) is 3. The van der Waals surface area contributed by atoms with Crippen molar-refractivity contribution in [1.82, 2.24) is 9.97 Å². The average molecular weight is 242 g/mol. The average Bonchev–Trinajstić information content (AvgIpc) is 2.97. The number of carbonyl (C=O) groups excluding carboxylic acids is 1. The first-order valence-corrected chi connectivity index (χ1v) is 6.13. The molecule has 84 valence electrons. The molecule has 0 unspecified atom stereocenters. The van der Waals surface area contributed by atoms with Crippen molar-refractivity contribution in [1.29, 1.82) is 0 Å². The number of H-pyrrole nitrogens is 1. The topological polar surface area (TPSA) is 45.8 Å². The Morgan fingerprint density at radius 1 is 1.35 bits per heavy atom. The summed E-state index contributed by atoms with van der Waals surface area (Å²) in [4.78, 5) is 18.8. The van der Waals surface area contributed by atoms with Gasteiger partial charge in [-0.05, 0) is 11.6 Å². The number of aromatic nitrogens is 2. The molecule has 17 heavy (non-hydrogen) atoms. The van der Waals surface area contributed by atoms with Crippen molar-refractivity contribution >= 4 is 28.5 Å². The van der Waals surface area contributed by atoms with E-state index in [1.54, 1.807) is 6.20 Å². The number of aldehydes is 1. The summed E-state index contributed by atoms with van der Waals surface area (Å²) < 4.78 is 0. The molecule has 3 aromatic rings. The van der Waals surface area contributed by atoms with Crippen molar-refractivity contribution in [2.45, 2.75) is 6.42 Å². The molecule has 0 fully saturated rings. The molecule has 4 heteroatoms. The van der Waals surface area contributed by atoms with Crippen LogP contribution in [0.25, 0.3) is 10.9 Å². The van der Waals surface area contributed by atoms with E-state index in [4.69, 9.17) is 0 Å². The van der Waals surface area contributed by atoms with Gasteiger partial charge in [0.2, 0.25) is 0 Å². The molecule has 0 atom stereocenters. The van der Waals surface area contributed by atoms with Crippen LogP contribution < -0.4 is 0 Å². The molecule has 0 spiro atoms. The molecular weight excluding hydrogens is 232 g/mol. The zero-order valence-corrected chi connectivity index (χ0v) is 9.83. The van der Waals surface area contributed by atoms with E-state index in [1.807, 2.05) is 18.3 Å². The van der Waals surface area contributed by atoms with Crippen LogP contribution in [-0.2, 0) is 6.42 Å². The molecule has 1 N–H and O–H groups in total. The Balaban J connectivity index is 1.96. The zero-order chi connectivity index (χ0) is 11.7. The second-order valence-corrected chi connectivity index (χ2v) is 4.96. The number of para-hydroxylation sites is 1. The van der Waals surface area contributed by atoms with Crippen molar-refractivity contribution in [3.05, 3.63) is 52.1 Å². The zero-order valence-electron chi connectivity index (χ0n) is 9.01. The Kier molecular flexibility index (Phi) is 2.49. The van der Waals surface area contributed by atoms with Crippen molar-refractivity contribution in [3.63, 3.8) is 0 Å². The molecule has 0 aliphatic rings. The number of thiazole rings is 1. The highest BCUT2D eigenvalue weighted by molar-refractivity contribution is 7.13. The minimum absolute atomic E-state index is 0.680. The molecule has 1 aromatic carbocycles. The fourth-order valence-electron chi connectivity index (χ4n) is 1.90. The van der Waals surface area contributed by atoms with E-state index in [9.17, 15) is 4.79 Å². The van der Waals surface area contributed by atoms with Gasteiger partial charge in [-0.1, -0.05) is 18.2 Å². The van der Waals surface area contributed by atoms with Gasteiger partial charge in [0.15, 0.2) is 6.29 Å². The Morgan fingerprint density at radius 3 is 3.06 bits per heavy atom. The van der Waals surface area contributed by atoms with Gasteiger partial charge in [0, 0.05) is 29.7 Å². The number of carbonyl (C=O) groups is 1. The number of aromatic amines is 1. The highest BCUT2D eigenvalue weighted by Crippen LogP contribution is 2.22. The molecule has 0 saturated carbocycles. The predicted octanol–water partition coefficient (Wildman–Crippen LogP) is 3.03. The third-order valence-electron chi connectivity index (χ3n) is 2.70. The summed E-state index contributed by atoms with van der Waals surface area (Å²) >= 11 is 1.45. The predicted molar refractivity (Wildman–Crippen MR) is 68.6 cm³/mol. The van der Waals surface area contributed by atoms with Gasteiger partial charge >= 0.3 is 0 Å². The van der Waals surface area contributed by atoms with Crippen LogP contribution in [0.4, 0.5) is 0 Å². The fraction of sp³-hybridized carbons (Fsp3) is 0.0769. The minimum atomic E-state index is 0.680. The number of nitrogens with zero attached hydrogens (tertiary/aromatic N) is 1. The maximum absolute atomic E-state index is 10.6. The van der Waals surface area contributed by atoms with E-state index >= 15 is 0 Å². The second kappa shape index (κ2) is 4.14. The lowest BCUT2D eigenvalue weighted by Crippen LogP contribution is -1.84. The largest absolute Gasteiger partial charge is 0.361 e. The van der Waals surface area contributed by atoms with E-state index in [0.29, 0.717) is 4.88 Å². The van der Waals surface area contributed by atoms with Crippen molar-refractivity contribution in [3.8, 4) is 0 Å². The molecule has 2 heterocycles. The van der Waals surface area contributed by atoms with E-state index in [1.165, 1.54) is 22.3 Å². The maximum Gasteiger partial charge on any atom is 0.161 e. The highest BCUT2D eigenvalue weighted by atomic mass is 32.1. The summed E-state index contributed by atoms with van der Waals surface area (Å²) in [5.74, 6) is 0. The molecule has 0 radical (unpaired) electrons. The van der Waals surface area contributed by atoms with E-state index in [2.05, 4.69) is 22.1 Å². The van der Waals surface area contributed by atoms with Crippen LogP contribution in [-0.4, -0.2) is 16.3 Å². The van der Waals surface area contributed by atoms with Crippen molar-refractivity contribution < 1.29 is 4.79 Å². The van der Waals surface area contributed by atoms with E-state index in [-0.39, 0.29) is 0 Å². The number of nitrogens with one attached hydrogen (secondary N) is 1. The lowest BCUT2D eigenvalue weighted by atomic mass is 10.1. The molecule has 0 saturated heterocycles. The first kappa shape index (κ1) is 10.2. The summed E-state index contributed by atoms with van der Waals surface area (Å²) in [5, 5.41) is 2.19. The van der Waals surface area contributed by atoms with Gasteiger partial charge in [0.25, 0.3) is 0 Å². The summed E-state index contributed by atoms with van der Waals surface area (Å²) in [6.45, 7) is 0. The van der Waals surface area contributed by atoms with Gasteiger partial charge in [-0.2, -0.15) is 0 Å². The molecule has 0 bridgehead atoms. The van der Waals surface area contributed by atoms with Gasteiger partial charge in [-0.15, -0.1) is 11.3 Å². The number of hydrogen-bond donors (Lipinski definition) is 1. The fourth-order valence-corrected chi connectivity index (χ4v) is 2.66. The number of fused-ring (bicyclic) bond motifs is 1. The van der Waals surface area contributed by atoms with Crippen LogP contribution in [0, 0.1) is 0 Å². The van der Waals surface area contributed by atoms with E-state index < -0.39 is 0 Å². The monoisotopic (exact) mass is 242 g/mol. The minimum Gasteiger partial charge on any atom is -0.361 e. The summed E-state index contributed by atoms with van der Waals surface area (Å²) in [6.07, 6.45) is 5.24. The normalized spacial score (nSPS) is 10.8. The van der Waals surface area contributed by atoms with Crippen LogP contribution in [0.1, 0.15) is 20.2 Å². The molecular formula is C13H10N2OS. The molecule has 0 aliphatic carbocycles. The van der Waals surface area contributed by atoms with Gasteiger partial charge < -0.3 is 4.98 Å². The number of rotatable bonds is 3. The van der Waals surface area contributed by atoms with Crippen LogP contribution >= 0.6 is 11.3 Å². The smallest absolute Gasteiger partial charge is 0.161 e. The number of benzene rings is 1. The molecule has 2 aromatic heterocycles. The summed E-state index contributed by atoms with van der Waals surface area (Å²) in [7, 11) is 0. The van der Waals surface area contributed by atoms with Gasteiger partial charge in [-0.25, -0.2) is 4.98 Å². The van der Waals surface area contributed by atoms with Crippen LogP contribution in [0.15, 0.2) is 36.7 Å². The van der Waals surface area contributed by atoms with Crippen molar-refractivity contribution in [2.75, 3.05) is 0 Å². The summed E-state index contributed by atoms with van der Waals surface area (Å²) in [6, 6.07) is 8.18. The molecule has 3 rings (SSSR count). The SMILES string of the molecule is O=Cc1cnc(Cc2c[nH]c3ccccc23)s1. The highest BCUT2D eigenvalue weighted by Gasteiger charge is 2.07. The van der Waals surface area contributed by atoms with Crippen LogP contribution in [0.3, 0.4) is 0 Å². The Hall–Kier alpha value is -1.94. The first-order valence-electron chi connectivity index (χ1n) is 5.31. The Labute approximate surface area is 102 Å². The van der Waals surface area contributed by atoms with Crippen LogP contribution in [0.5, 0.6) is 0 Å². The lowest BCUT2D eigenvalue weighted by molar-refractivity contribution is 0.112. The quantitative estimate of drug-likeness (QED) is 0.717. The maximum atomic E-state index is 10.6. The molecule has 0 amide bonds. The van der Waals surface area contributed by atoms with E-state index in [0.717, 1.165) is 23.2 Å². The standard InChI is InChI=1S/C13H10N2OS/c16-8-10-7-15-13(17-10)5-9-6-14-12-4-2-1-3-11(9)12/h1-4,6-8,14H,5H2. The van der Waals surface area contributed by atoms with Gasteiger partial charge in [0.05, 0.1) is 9.88 Å². The third-order valence-corrected chi connectivity index (χ3v) is 3.63. The Morgan fingerprint density at radius 2 is 2.24 bits per heavy atom. The summed E-state index contributed by atoms with van der Waals surface area (Å²) in [5.41, 5.74) is 2.35. The Bertz CT molecular complexity index is 669. The molecule has 0 aliphatic heterocycles. The lowest BCUT2D eigenvalue weighted by Gasteiger charge is -1.94. The van der Waals surface area contributed by atoms with Crippen molar-refractivity contribution in [2.24, 2.45) is 0 Å². The van der Waals surface area contributed by atoms with Crippen LogP contribution in [0.2, 0.25) is 0 Å². The second-order valence-electron chi connectivity index (χ2n) is 3.81. The third kappa shape index (κ3) is 1.87. The molecule has 3 nitrogen and oxygen atoms in total. The van der Waals surface area contributed by atoms with Gasteiger partial charge in [-0.3, -0.25) is 4.79 Å². The first-order chi connectivity index (χ1) is 8.36.